The Morgan fingerprint density at radius 1 is 1.36 bits per heavy atom. The highest BCUT2D eigenvalue weighted by Crippen LogP contribution is 2.54. The van der Waals surface area contributed by atoms with Gasteiger partial charge in [0.25, 0.3) is 0 Å². The molecule has 1 heterocycles. The van der Waals surface area contributed by atoms with Crippen molar-refractivity contribution in [3.8, 4) is 0 Å². The van der Waals surface area contributed by atoms with E-state index in [9.17, 15) is 4.39 Å². The molecule has 0 spiro atoms. The maximum absolute atomic E-state index is 14.4. The van der Waals surface area contributed by atoms with E-state index in [1.165, 1.54) is 18.9 Å². The summed E-state index contributed by atoms with van der Waals surface area (Å²) in [5, 5.41) is 0.487. The molecule has 2 nitrogen and oxygen atoms in total. The normalized spacial score (nSPS) is 32.2. The van der Waals surface area contributed by atoms with Gasteiger partial charge in [-0.1, -0.05) is 38.4 Å². The van der Waals surface area contributed by atoms with Gasteiger partial charge >= 0.3 is 0 Å². The number of rotatable bonds is 3. The van der Waals surface area contributed by atoms with E-state index in [1.54, 1.807) is 12.1 Å². The van der Waals surface area contributed by atoms with Crippen LogP contribution in [0.5, 0.6) is 0 Å². The molecule has 2 fully saturated rings. The van der Waals surface area contributed by atoms with Crippen LogP contribution in [-0.2, 0) is 0 Å². The highest BCUT2D eigenvalue weighted by molar-refractivity contribution is 6.31. The Kier molecular flexibility index (Phi) is 4.03. The molecule has 2 N–H and O–H groups in total. The van der Waals surface area contributed by atoms with Crippen LogP contribution in [0.4, 0.5) is 4.39 Å². The largest absolute Gasteiger partial charge is 0.329 e. The first kappa shape index (κ1) is 16.2. The first-order valence-electron chi connectivity index (χ1n) is 8.14. The van der Waals surface area contributed by atoms with Gasteiger partial charge in [-0.3, -0.25) is 4.90 Å². The first-order valence-corrected chi connectivity index (χ1v) is 8.52. The molecule has 122 valence electrons. The molecule has 3 rings (SSSR count). The summed E-state index contributed by atoms with van der Waals surface area (Å²) in [6.07, 6.45) is 3.54. The molecular formula is C18H26ClFN2. The molecule has 1 aliphatic heterocycles. The summed E-state index contributed by atoms with van der Waals surface area (Å²) in [7, 11) is 0. The lowest BCUT2D eigenvalue weighted by molar-refractivity contribution is 0.117. The van der Waals surface area contributed by atoms with E-state index in [0.717, 1.165) is 13.0 Å². The molecule has 0 radical (unpaired) electrons. The third-order valence-electron chi connectivity index (χ3n) is 5.41. The van der Waals surface area contributed by atoms with E-state index >= 15 is 0 Å². The number of hydrogen-bond donors (Lipinski definition) is 1. The van der Waals surface area contributed by atoms with E-state index < -0.39 is 0 Å². The monoisotopic (exact) mass is 324 g/mol. The quantitative estimate of drug-likeness (QED) is 0.894. The molecule has 1 aromatic rings. The number of fused-ring (bicyclic) bond motifs is 2. The van der Waals surface area contributed by atoms with Crippen molar-refractivity contribution in [3.63, 3.8) is 0 Å². The minimum atomic E-state index is -0.242. The predicted octanol–water partition coefficient (Wildman–Crippen LogP) is 4.38. The zero-order valence-corrected chi connectivity index (χ0v) is 14.5. The molecule has 0 aromatic heterocycles. The maximum Gasteiger partial charge on any atom is 0.129 e. The zero-order valence-electron chi connectivity index (χ0n) is 13.7. The molecule has 2 aliphatic rings. The summed E-state index contributed by atoms with van der Waals surface area (Å²) >= 11 is 6.29. The van der Waals surface area contributed by atoms with Gasteiger partial charge in [-0.05, 0) is 42.2 Å². The van der Waals surface area contributed by atoms with Crippen LogP contribution in [0.1, 0.15) is 51.6 Å². The van der Waals surface area contributed by atoms with Crippen LogP contribution in [0.2, 0.25) is 5.02 Å². The highest BCUT2D eigenvalue weighted by Gasteiger charge is 2.51. The third-order valence-corrected chi connectivity index (χ3v) is 5.74. The van der Waals surface area contributed by atoms with Gasteiger partial charge in [0.2, 0.25) is 0 Å². The summed E-state index contributed by atoms with van der Waals surface area (Å²) in [4.78, 5) is 2.42. The number of nitrogens with zero attached hydrogens (tertiary/aromatic N) is 1. The molecule has 1 aromatic carbocycles. The lowest BCUT2D eigenvalue weighted by Crippen LogP contribution is -2.39. The molecule has 3 unspecified atom stereocenters. The standard InChI is InChI=1S/C18H26ClFN2/c1-17(2)7-12-8-18(3,10-17)11-22(12)15(9-21)16-13(19)5-4-6-14(16)20/h4-6,12,15H,7-11,21H2,1-3H3. The van der Waals surface area contributed by atoms with Crippen molar-refractivity contribution < 1.29 is 4.39 Å². The zero-order chi connectivity index (χ0) is 16.1. The second-order valence-electron chi connectivity index (χ2n) is 8.27. The van der Waals surface area contributed by atoms with Gasteiger partial charge in [0.1, 0.15) is 5.82 Å². The number of halogens is 2. The van der Waals surface area contributed by atoms with Gasteiger partial charge in [-0.25, -0.2) is 4.39 Å². The van der Waals surface area contributed by atoms with Gasteiger partial charge in [0.05, 0.1) is 6.04 Å². The van der Waals surface area contributed by atoms with Crippen molar-refractivity contribution in [1.82, 2.24) is 4.90 Å². The Labute approximate surface area is 137 Å². The van der Waals surface area contributed by atoms with Gasteiger partial charge in [0, 0.05) is 29.7 Å². The van der Waals surface area contributed by atoms with Crippen LogP contribution in [0, 0.1) is 16.6 Å². The van der Waals surface area contributed by atoms with Gasteiger partial charge in [-0.2, -0.15) is 0 Å². The van der Waals surface area contributed by atoms with Crippen molar-refractivity contribution in [2.45, 2.75) is 52.1 Å². The van der Waals surface area contributed by atoms with Crippen LogP contribution >= 0.6 is 11.6 Å². The molecule has 2 bridgehead atoms. The van der Waals surface area contributed by atoms with Crippen LogP contribution in [0.15, 0.2) is 18.2 Å². The van der Waals surface area contributed by atoms with Crippen LogP contribution < -0.4 is 5.73 Å². The average molecular weight is 325 g/mol. The number of benzene rings is 1. The average Bonchev–Trinajstić information content (AvgIpc) is 2.63. The summed E-state index contributed by atoms with van der Waals surface area (Å²) in [6, 6.07) is 5.24. The van der Waals surface area contributed by atoms with E-state index in [2.05, 4.69) is 25.7 Å². The fourth-order valence-electron chi connectivity index (χ4n) is 5.12. The Balaban J connectivity index is 1.96. The molecule has 1 saturated carbocycles. The third kappa shape index (κ3) is 2.79. The van der Waals surface area contributed by atoms with Crippen molar-refractivity contribution in [2.24, 2.45) is 16.6 Å². The van der Waals surface area contributed by atoms with Gasteiger partial charge in [-0.15, -0.1) is 0 Å². The van der Waals surface area contributed by atoms with Crippen molar-refractivity contribution in [3.05, 3.63) is 34.6 Å². The van der Waals surface area contributed by atoms with E-state index in [4.69, 9.17) is 17.3 Å². The van der Waals surface area contributed by atoms with E-state index in [1.807, 2.05) is 0 Å². The molecule has 3 atom stereocenters. The van der Waals surface area contributed by atoms with Crippen molar-refractivity contribution in [2.75, 3.05) is 13.1 Å². The molecule has 22 heavy (non-hydrogen) atoms. The molecule has 4 heteroatoms. The first-order chi connectivity index (χ1) is 10.2. The Bertz CT molecular complexity index is 554. The lowest BCUT2D eigenvalue weighted by atomic mass is 9.65. The summed E-state index contributed by atoms with van der Waals surface area (Å²) in [5.41, 5.74) is 7.26. The Morgan fingerprint density at radius 3 is 2.73 bits per heavy atom. The maximum atomic E-state index is 14.4. The van der Waals surface area contributed by atoms with Crippen molar-refractivity contribution in [1.29, 1.82) is 0 Å². The minimum Gasteiger partial charge on any atom is -0.329 e. The van der Waals surface area contributed by atoms with E-state index in [-0.39, 0.29) is 11.9 Å². The van der Waals surface area contributed by atoms with Gasteiger partial charge in [0.15, 0.2) is 0 Å². The fourth-order valence-corrected chi connectivity index (χ4v) is 5.41. The lowest BCUT2D eigenvalue weighted by Gasteiger charge is -2.40. The highest BCUT2D eigenvalue weighted by atomic mass is 35.5. The Hall–Kier alpha value is -0.640. The number of likely N-dealkylation sites (tertiary alicyclic amines) is 1. The number of hydrogen-bond acceptors (Lipinski definition) is 2. The van der Waals surface area contributed by atoms with Crippen molar-refractivity contribution >= 4 is 11.6 Å². The predicted molar refractivity (Wildman–Crippen MR) is 89.4 cm³/mol. The topological polar surface area (TPSA) is 29.3 Å². The molecular weight excluding hydrogens is 299 g/mol. The van der Waals surface area contributed by atoms with Crippen LogP contribution in [-0.4, -0.2) is 24.0 Å². The fraction of sp³-hybridized carbons (Fsp3) is 0.667. The molecule has 1 saturated heterocycles. The Morgan fingerprint density at radius 2 is 2.09 bits per heavy atom. The van der Waals surface area contributed by atoms with E-state index in [0.29, 0.717) is 34.0 Å². The summed E-state index contributed by atoms with van der Waals surface area (Å²) in [5.74, 6) is -0.242. The second-order valence-corrected chi connectivity index (χ2v) is 8.68. The summed E-state index contributed by atoms with van der Waals surface area (Å²) < 4.78 is 14.4. The van der Waals surface area contributed by atoms with Crippen LogP contribution in [0.25, 0.3) is 0 Å². The SMILES string of the molecule is CC1(C)CC2CC(C)(CN2C(CN)c2c(F)cccc2Cl)C1. The van der Waals surface area contributed by atoms with Gasteiger partial charge < -0.3 is 5.73 Å². The molecule has 1 aliphatic carbocycles. The van der Waals surface area contributed by atoms with Crippen LogP contribution in [0.3, 0.4) is 0 Å². The number of nitrogens with two attached hydrogens (primary N) is 1. The minimum absolute atomic E-state index is 0.130. The molecule has 0 amide bonds. The second kappa shape index (κ2) is 5.47. The smallest absolute Gasteiger partial charge is 0.129 e. The summed E-state index contributed by atoms with van der Waals surface area (Å²) in [6.45, 7) is 8.42.